The highest BCUT2D eigenvalue weighted by atomic mass is 32.2. The highest BCUT2D eigenvalue weighted by Crippen LogP contribution is 2.34. The summed E-state index contributed by atoms with van der Waals surface area (Å²) in [6.07, 6.45) is 0. The van der Waals surface area contributed by atoms with Gasteiger partial charge < -0.3 is 24.4 Å². The van der Waals surface area contributed by atoms with Crippen LogP contribution in [-0.4, -0.2) is 102 Å². The van der Waals surface area contributed by atoms with Gasteiger partial charge >= 0.3 is 0 Å². The SMILES string of the molecule is O=C(Nc1ccc2c(c1)N(CCN1CCOCC1)C(=O)CO2)c1ccc(S(=O)(=O)N2CCOCC2)cc1. The second-order valence-corrected chi connectivity index (χ2v) is 10.9. The summed E-state index contributed by atoms with van der Waals surface area (Å²) in [7, 11) is -3.64. The van der Waals surface area contributed by atoms with Crippen LogP contribution in [0.3, 0.4) is 0 Å². The fourth-order valence-electron chi connectivity index (χ4n) is 4.51. The number of benzene rings is 2. The third kappa shape index (κ3) is 5.78. The number of nitrogens with one attached hydrogen (secondary N) is 1. The van der Waals surface area contributed by atoms with Crippen molar-refractivity contribution in [1.29, 1.82) is 0 Å². The normalized spacial score (nSPS) is 19.2. The fourth-order valence-corrected chi connectivity index (χ4v) is 5.92. The van der Waals surface area contributed by atoms with Crippen molar-refractivity contribution in [2.45, 2.75) is 4.90 Å². The van der Waals surface area contributed by atoms with E-state index in [9.17, 15) is 18.0 Å². The van der Waals surface area contributed by atoms with Crippen LogP contribution < -0.4 is 15.0 Å². The molecule has 3 aliphatic rings. The van der Waals surface area contributed by atoms with E-state index in [1.807, 2.05) is 0 Å². The summed E-state index contributed by atoms with van der Waals surface area (Å²) in [6, 6.07) is 11.0. The maximum Gasteiger partial charge on any atom is 0.265 e. The molecule has 0 aliphatic carbocycles. The lowest BCUT2D eigenvalue weighted by Crippen LogP contribution is -2.45. The van der Waals surface area contributed by atoms with Gasteiger partial charge in [0.15, 0.2) is 6.61 Å². The molecule has 198 valence electrons. The highest BCUT2D eigenvalue weighted by Gasteiger charge is 2.28. The largest absolute Gasteiger partial charge is 0.482 e. The quantitative estimate of drug-likeness (QED) is 0.564. The Morgan fingerprint density at radius 1 is 0.892 bits per heavy atom. The molecule has 3 aliphatic heterocycles. The molecule has 0 bridgehead atoms. The molecule has 12 heteroatoms. The Kier molecular flexibility index (Phi) is 7.72. The summed E-state index contributed by atoms with van der Waals surface area (Å²) in [6.45, 7) is 5.55. The minimum Gasteiger partial charge on any atom is -0.482 e. The molecule has 2 fully saturated rings. The van der Waals surface area contributed by atoms with E-state index in [1.165, 1.54) is 28.6 Å². The molecule has 0 radical (unpaired) electrons. The predicted octanol–water partition coefficient (Wildman–Crippen LogP) is 1.02. The Bertz CT molecular complexity index is 1240. The Labute approximate surface area is 215 Å². The van der Waals surface area contributed by atoms with Crippen LogP contribution in [0.2, 0.25) is 0 Å². The van der Waals surface area contributed by atoms with Crippen molar-refractivity contribution in [3.05, 3.63) is 48.0 Å². The van der Waals surface area contributed by atoms with E-state index in [0.717, 1.165) is 13.1 Å². The van der Waals surface area contributed by atoms with Crippen molar-refractivity contribution in [2.75, 3.05) is 82.5 Å². The Morgan fingerprint density at radius 3 is 2.27 bits per heavy atom. The van der Waals surface area contributed by atoms with Crippen LogP contribution in [0.25, 0.3) is 0 Å². The molecule has 2 saturated heterocycles. The van der Waals surface area contributed by atoms with E-state index < -0.39 is 15.9 Å². The number of hydrogen-bond acceptors (Lipinski definition) is 8. The van der Waals surface area contributed by atoms with Gasteiger partial charge in [-0.1, -0.05) is 0 Å². The number of ether oxygens (including phenoxy) is 3. The minimum atomic E-state index is -3.64. The number of anilines is 2. The maximum absolute atomic E-state index is 12.9. The summed E-state index contributed by atoms with van der Waals surface area (Å²) in [4.78, 5) is 29.6. The number of carbonyl (C=O) groups excluding carboxylic acids is 2. The zero-order valence-electron chi connectivity index (χ0n) is 20.4. The molecule has 0 atom stereocenters. The van der Waals surface area contributed by atoms with Gasteiger partial charge in [0.2, 0.25) is 10.0 Å². The first-order valence-corrected chi connectivity index (χ1v) is 13.7. The predicted molar refractivity (Wildman–Crippen MR) is 136 cm³/mol. The van der Waals surface area contributed by atoms with Crippen LogP contribution >= 0.6 is 0 Å². The van der Waals surface area contributed by atoms with E-state index in [0.29, 0.717) is 75.3 Å². The van der Waals surface area contributed by atoms with Crippen molar-refractivity contribution in [3.63, 3.8) is 0 Å². The van der Waals surface area contributed by atoms with Crippen LogP contribution in [0.5, 0.6) is 5.75 Å². The van der Waals surface area contributed by atoms with E-state index in [2.05, 4.69) is 10.2 Å². The van der Waals surface area contributed by atoms with Crippen LogP contribution in [0.4, 0.5) is 11.4 Å². The van der Waals surface area contributed by atoms with E-state index in [4.69, 9.17) is 14.2 Å². The second kappa shape index (κ2) is 11.2. The highest BCUT2D eigenvalue weighted by molar-refractivity contribution is 7.89. The number of sulfonamides is 1. The number of hydrogen-bond donors (Lipinski definition) is 1. The van der Waals surface area contributed by atoms with Crippen molar-refractivity contribution in [3.8, 4) is 5.75 Å². The molecule has 3 heterocycles. The number of nitrogens with zero attached hydrogens (tertiary/aromatic N) is 3. The molecule has 0 aromatic heterocycles. The molecule has 11 nitrogen and oxygen atoms in total. The third-order valence-electron chi connectivity index (χ3n) is 6.63. The summed E-state index contributed by atoms with van der Waals surface area (Å²) >= 11 is 0. The molecule has 0 unspecified atom stereocenters. The van der Waals surface area contributed by atoms with Crippen LogP contribution in [0.1, 0.15) is 10.4 Å². The van der Waals surface area contributed by atoms with E-state index in [-0.39, 0.29) is 17.4 Å². The van der Waals surface area contributed by atoms with Crippen molar-refractivity contribution < 1.29 is 32.2 Å². The van der Waals surface area contributed by atoms with Gasteiger partial charge in [0.05, 0.1) is 37.0 Å². The molecule has 37 heavy (non-hydrogen) atoms. The Morgan fingerprint density at radius 2 is 1.57 bits per heavy atom. The van der Waals surface area contributed by atoms with Crippen LogP contribution in [0, 0.1) is 0 Å². The lowest BCUT2D eigenvalue weighted by atomic mass is 10.1. The van der Waals surface area contributed by atoms with Gasteiger partial charge in [-0.05, 0) is 42.5 Å². The number of rotatable bonds is 7. The molecule has 5 rings (SSSR count). The zero-order chi connectivity index (χ0) is 25.8. The van der Waals surface area contributed by atoms with Crippen LogP contribution in [0.15, 0.2) is 47.4 Å². The molecule has 2 aromatic carbocycles. The Balaban J connectivity index is 1.27. The van der Waals surface area contributed by atoms with Crippen molar-refractivity contribution >= 4 is 33.2 Å². The average Bonchev–Trinajstić information content (AvgIpc) is 2.93. The van der Waals surface area contributed by atoms with Gasteiger partial charge in [0, 0.05) is 50.5 Å². The Hall–Kier alpha value is -3.03. The van der Waals surface area contributed by atoms with Gasteiger partial charge in [-0.15, -0.1) is 0 Å². The standard InChI is InChI=1S/C25H30N4O7S/c30-24-18-36-23-6-3-20(17-22(23)29(24)8-7-27-9-13-34-14-10-27)26-25(31)19-1-4-21(5-2-19)37(32,33)28-11-15-35-16-12-28/h1-6,17H,7-16,18H2,(H,26,31). The zero-order valence-corrected chi connectivity index (χ0v) is 21.2. The molecule has 2 aromatic rings. The van der Waals surface area contributed by atoms with Gasteiger partial charge in [-0.3, -0.25) is 14.5 Å². The molecular formula is C25H30N4O7S. The molecule has 2 amide bonds. The van der Waals surface area contributed by atoms with Crippen molar-refractivity contribution in [1.82, 2.24) is 9.21 Å². The number of fused-ring (bicyclic) bond motifs is 1. The first-order chi connectivity index (χ1) is 17.9. The number of amides is 2. The maximum atomic E-state index is 12.9. The summed E-state index contributed by atoms with van der Waals surface area (Å²) in [5.41, 5.74) is 1.42. The lowest BCUT2D eigenvalue weighted by molar-refractivity contribution is -0.121. The average molecular weight is 531 g/mol. The van der Waals surface area contributed by atoms with E-state index >= 15 is 0 Å². The minimum absolute atomic E-state index is 0.0263. The third-order valence-corrected chi connectivity index (χ3v) is 8.54. The van der Waals surface area contributed by atoms with Gasteiger partial charge in [-0.2, -0.15) is 4.31 Å². The van der Waals surface area contributed by atoms with Gasteiger partial charge in [0.1, 0.15) is 5.75 Å². The molecular weight excluding hydrogens is 500 g/mol. The lowest BCUT2D eigenvalue weighted by Gasteiger charge is -2.33. The molecule has 0 saturated carbocycles. The first-order valence-electron chi connectivity index (χ1n) is 12.3. The van der Waals surface area contributed by atoms with Gasteiger partial charge in [-0.25, -0.2) is 8.42 Å². The smallest absolute Gasteiger partial charge is 0.265 e. The number of morpholine rings is 2. The van der Waals surface area contributed by atoms with E-state index in [1.54, 1.807) is 23.1 Å². The first kappa shape index (κ1) is 25.6. The van der Waals surface area contributed by atoms with Crippen LogP contribution in [-0.2, 0) is 24.3 Å². The molecule has 1 N–H and O–H groups in total. The summed E-state index contributed by atoms with van der Waals surface area (Å²) < 4.78 is 43.2. The second-order valence-electron chi connectivity index (χ2n) is 8.97. The monoisotopic (exact) mass is 530 g/mol. The number of carbonyl (C=O) groups is 2. The van der Waals surface area contributed by atoms with Crippen molar-refractivity contribution in [2.24, 2.45) is 0 Å². The topological polar surface area (TPSA) is 118 Å². The summed E-state index contributed by atoms with van der Waals surface area (Å²) in [5, 5.41) is 2.83. The van der Waals surface area contributed by atoms with Gasteiger partial charge in [0.25, 0.3) is 11.8 Å². The molecule has 0 spiro atoms. The summed E-state index contributed by atoms with van der Waals surface area (Å²) in [5.74, 6) is 0.0525. The fraction of sp³-hybridized carbons (Fsp3) is 0.440.